The molecular formula is C22H28. The second-order valence-electron chi connectivity index (χ2n) is 7.02. The summed E-state index contributed by atoms with van der Waals surface area (Å²) in [5.41, 5.74) is 6.61. The fourth-order valence-electron chi connectivity index (χ4n) is 2.92. The van der Waals surface area contributed by atoms with Crippen molar-refractivity contribution < 1.29 is 0 Å². The van der Waals surface area contributed by atoms with Crippen LogP contribution in [0, 0.1) is 11.8 Å². The van der Waals surface area contributed by atoms with Gasteiger partial charge in [-0.25, -0.2) is 0 Å². The molecule has 0 unspecified atom stereocenters. The third-order valence-corrected chi connectivity index (χ3v) is 3.89. The smallest absolute Gasteiger partial charge is 0.0109 e. The van der Waals surface area contributed by atoms with Crippen LogP contribution < -0.4 is 0 Å². The molecule has 0 aliphatic heterocycles. The maximum absolute atomic E-state index is 3.96. The minimum absolute atomic E-state index is 0.677. The Morgan fingerprint density at radius 2 is 1.36 bits per heavy atom. The van der Waals surface area contributed by atoms with Crippen molar-refractivity contribution in [2.75, 3.05) is 0 Å². The van der Waals surface area contributed by atoms with Crippen molar-refractivity contribution in [3.05, 3.63) is 65.7 Å². The van der Waals surface area contributed by atoms with Crippen LogP contribution in [0.1, 0.15) is 44.4 Å². The third kappa shape index (κ3) is 4.34. The zero-order valence-electron chi connectivity index (χ0n) is 14.4. The molecule has 0 heteroatoms. The molecule has 22 heavy (non-hydrogen) atoms. The lowest BCUT2D eigenvalue weighted by molar-refractivity contribution is 0.647. The van der Waals surface area contributed by atoms with Crippen molar-refractivity contribution in [2.24, 2.45) is 11.8 Å². The number of benzene rings is 2. The van der Waals surface area contributed by atoms with Gasteiger partial charge in [-0.2, -0.15) is 0 Å². The Hall–Kier alpha value is -1.82. The van der Waals surface area contributed by atoms with Crippen molar-refractivity contribution in [2.45, 2.75) is 40.5 Å². The van der Waals surface area contributed by atoms with E-state index in [4.69, 9.17) is 0 Å². The fraction of sp³-hybridized carbons (Fsp3) is 0.364. The van der Waals surface area contributed by atoms with Gasteiger partial charge in [-0.15, -0.1) is 0 Å². The summed E-state index contributed by atoms with van der Waals surface area (Å²) in [5.74, 6) is 1.37. The van der Waals surface area contributed by atoms with Crippen LogP contribution in [0.2, 0.25) is 0 Å². The van der Waals surface area contributed by atoms with Gasteiger partial charge in [-0.1, -0.05) is 82.8 Å². The molecule has 0 fully saturated rings. The first kappa shape index (κ1) is 16.5. The Balaban J connectivity index is 2.35. The van der Waals surface area contributed by atoms with Crippen molar-refractivity contribution in [1.82, 2.24) is 0 Å². The van der Waals surface area contributed by atoms with E-state index in [1.165, 1.54) is 27.8 Å². The van der Waals surface area contributed by atoms with Crippen LogP contribution >= 0.6 is 0 Å². The standard InChI is InChI=1S/C22H28/c1-6-20-10-9-19(14-17(4)5)15-22(20)21-11-7-18(8-12-21)13-16(2)3/h6-12,15-17H,1,13-14H2,2-5H3. The van der Waals surface area contributed by atoms with E-state index in [1.807, 2.05) is 6.08 Å². The lowest BCUT2D eigenvalue weighted by Gasteiger charge is -2.12. The lowest BCUT2D eigenvalue weighted by atomic mass is 9.93. The molecule has 0 nitrogen and oxygen atoms in total. The Bertz CT molecular complexity index is 615. The predicted octanol–water partition coefficient (Wildman–Crippen LogP) is 6.39. The predicted molar refractivity (Wildman–Crippen MR) is 99.1 cm³/mol. The van der Waals surface area contributed by atoms with E-state index in [-0.39, 0.29) is 0 Å². The van der Waals surface area contributed by atoms with E-state index in [1.54, 1.807) is 0 Å². The van der Waals surface area contributed by atoms with E-state index in [2.05, 4.69) is 76.7 Å². The number of hydrogen-bond donors (Lipinski definition) is 0. The molecule has 2 aromatic carbocycles. The minimum atomic E-state index is 0.677. The Morgan fingerprint density at radius 3 is 1.91 bits per heavy atom. The van der Waals surface area contributed by atoms with E-state index in [0.29, 0.717) is 11.8 Å². The molecular weight excluding hydrogens is 264 g/mol. The lowest BCUT2D eigenvalue weighted by Crippen LogP contribution is -1.96. The minimum Gasteiger partial charge on any atom is -0.0984 e. The number of rotatable bonds is 6. The molecule has 0 aliphatic carbocycles. The van der Waals surface area contributed by atoms with Crippen LogP contribution in [0.4, 0.5) is 0 Å². The molecule has 0 atom stereocenters. The van der Waals surface area contributed by atoms with Crippen molar-refractivity contribution in [1.29, 1.82) is 0 Å². The zero-order chi connectivity index (χ0) is 16.1. The molecule has 0 saturated heterocycles. The Labute approximate surface area is 135 Å². The summed E-state index contributed by atoms with van der Waals surface area (Å²) in [5, 5.41) is 0. The van der Waals surface area contributed by atoms with Crippen molar-refractivity contribution in [3.8, 4) is 11.1 Å². The van der Waals surface area contributed by atoms with E-state index >= 15 is 0 Å². The monoisotopic (exact) mass is 292 g/mol. The van der Waals surface area contributed by atoms with Crippen molar-refractivity contribution >= 4 is 6.08 Å². The summed E-state index contributed by atoms with van der Waals surface area (Å²) in [6.07, 6.45) is 4.22. The average molecular weight is 292 g/mol. The van der Waals surface area contributed by atoms with Crippen LogP contribution in [0.15, 0.2) is 49.0 Å². The molecule has 0 spiro atoms. The van der Waals surface area contributed by atoms with Gasteiger partial charge in [0.15, 0.2) is 0 Å². The Kier molecular flexibility index (Phi) is 5.60. The van der Waals surface area contributed by atoms with Gasteiger partial charge in [0.1, 0.15) is 0 Å². The van der Waals surface area contributed by atoms with Gasteiger partial charge in [-0.3, -0.25) is 0 Å². The quantitative estimate of drug-likeness (QED) is 0.578. The van der Waals surface area contributed by atoms with E-state index in [9.17, 15) is 0 Å². The molecule has 0 aliphatic rings. The Morgan fingerprint density at radius 1 is 0.818 bits per heavy atom. The molecule has 0 aromatic heterocycles. The summed E-state index contributed by atoms with van der Waals surface area (Å²) in [6, 6.07) is 15.8. The van der Waals surface area contributed by atoms with Crippen LogP contribution in [0.25, 0.3) is 17.2 Å². The summed E-state index contributed by atoms with van der Waals surface area (Å²) < 4.78 is 0. The first-order valence-corrected chi connectivity index (χ1v) is 8.34. The van der Waals surface area contributed by atoms with Crippen LogP contribution in [0.5, 0.6) is 0 Å². The SMILES string of the molecule is C=Cc1ccc(CC(C)C)cc1-c1ccc(CC(C)C)cc1. The molecule has 0 amide bonds. The molecule has 0 radical (unpaired) electrons. The third-order valence-electron chi connectivity index (χ3n) is 3.89. The molecule has 0 saturated carbocycles. The van der Waals surface area contributed by atoms with Gasteiger partial charge < -0.3 is 0 Å². The van der Waals surface area contributed by atoms with Crippen LogP contribution in [-0.2, 0) is 12.8 Å². The summed E-state index contributed by atoms with van der Waals surface area (Å²) in [4.78, 5) is 0. The fourth-order valence-corrected chi connectivity index (χ4v) is 2.92. The highest BCUT2D eigenvalue weighted by molar-refractivity contribution is 5.75. The van der Waals surface area contributed by atoms with Crippen LogP contribution in [0.3, 0.4) is 0 Å². The summed E-state index contributed by atoms with van der Waals surface area (Å²) in [6.45, 7) is 13.0. The van der Waals surface area contributed by atoms with Gasteiger partial charge in [0, 0.05) is 0 Å². The molecule has 0 heterocycles. The second-order valence-corrected chi connectivity index (χ2v) is 7.02. The highest BCUT2D eigenvalue weighted by atomic mass is 14.1. The van der Waals surface area contributed by atoms with Crippen LogP contribution in [-0.4, -0.2) is 0 Å². The second kappa shape index (κ2) is 7.45. The summed E-state index contributed by atoms with van der Waals surface area (Å²) in [7, 11) is 0. The first-order chi connectivity index (χ1) is 10.5. The normalized spacial score (nSPS) is 11.2. The highest BCUT2D eigenvalue weighted by Gasteiger charge is 2.07. The largest absolute Gasteiger partial charge is 0.0984 e. The molecule has 0 bridgehead atoms. The number of hydrogen-bond acceptors (Lipinski definition) is 0. The van der Waals surface area contributed by atoms with Gasteiger partial charge in [0.05, 0.1) is 0 Å². The molecule has 2 aromatic rings. The van der Waals surface area contributed by atoms with Crippen molar-refractivity contribution in [3.63, 3.8) is 0 Å². The average Bonchev–Trinajstić information content (AvgIpc) is 2.47. The zero-order valence-corrected chi connectivity index (χ0v) is 14.4. The van der Waals surface area contributed by atoms with Gasteiger partial charge in [0.2, 0.25) is 0 Å². The molecule has 2 rings (SSSR count). The highest BCUT2D eigenvalue weighted by Crippen LogP contribution is 2.27. The van der Waals surface area contributed by atoms with Gasteiger partial charge in [-0.05, 0) is 52.5 Å². The topological polar surface area (TPSA) is 0 Å². The van der Waals surface area contributed by atoms with Gasteiger partial charge >= 0.3 is 0 Å². The maximum Gasteiger partial charge on any atom is -0.0109 e. The van der Waals surface area contributed by atoms with E-state index < -0.39 is 0 Å². The first-order valence-electron chi connectivity index (χ1n) is 8.34. The summed E-state index contributed by atoms with van der Waals surface area (Å²) >= 11 is 0. The maximum atomic E-state index is 3.96. The van der Waals surface area contributed by atoms with Gasteiger partial charge in [0.25, 0.3) is 0 Å². The molecule has 0 N–H and O–H groups in total. The van der Waals surface area contributed by atoms with E-state index in [0.717, 1.165) is 12.8 Å². The molecule has 116 valence electrons.